The van der Waals surface area contributed by atoms with E-state index in [9.17, 15) is 18.0 Å². The number of carbonyl (C=O) groups is 1. The molecular weight excluding hydrogens is 258 g/mol. The number of carboxylic acids is 1. The van der Waals surface area contributed by atoms with Gasteiger partial charge in [0.2, 0.25) is 16.3 Å². The van der Waals surface area contributed by atoms with Gasteiger partial charge in [-0.25, -0.2) is 8.42 Å². The van der Waals surface area contributed by atoms with Crippen LogP contribution in [0.1, 0.15) is 12.0 Å². The third-order valence-corrected chi connectivity index (χ3v) is 3.64. The second kappa shape index (κ2) is 5.74. The molecule has 0 aromatic heterocycles. The quantitative estimate of drug-likeness (QED) is 0.770. The fraction of sp³-hybridized carbons (Fsp3) is 0.273. The van der Waals surface area contributed by atoms with Gasteiger partial charge < -0.3 is 5.11 Å². The van der Waals surface area contributed by atoms with E-state index in [4.69, 9.17) is 5.11 Å². The number of aryl methyl sites for hydroxylation is 1. The zero-order chi connectivity index (χ0) is 13.8. The zero-order valence-corrected chi connectivity index (χ0v) is 10.4. The normalized spacial score (nSPS) is 12.9. The predicted octanol–water partition coefficient (Wildman–Crippen LogP) is 0.226. The Hall–Kier alpha value is -1.73. The Kier molecular flexibility index (Phi) is 4.57. The number of benzene rings is 1. The van der Waals surface area contributed by atoms with Crippen LogP contribution in [0, 0.1) is 6.92 Å². The van der Waals surface area contributed by atoms with E-state index >= 15 is 0 Å². The second-order valence-corrected chi connectivity index (χ2v) is 5.42. The van der Waals surface area contributed by atoms with Crippen molar-refractivity contribution in [3.8, 4) is 0 Å². The van der Waals surface area contributed by atoms with Crippen LogP contribution in [0.15, 0.2) is 29.2 Å². The van der Waals surface area contributed by atoms with Crippen LogP contribution >= 0.6 is 0 Å². The molecule has 1 radical (unpaired) electrons. The maximum Gasteiger partial charge on any atom is 0.305 e. The first-order valence-electron chi connectivity index (χ1n) is 5.03. The number of carbonyl (C=O) groups excluding carboxylic acids is 1. The van der Waals surface area contributed by atoms with Crippen molar-refractivity contribution in [1.29, 1.82) is 0 Å². The standard InChI is InChI=1S/C11H12NO5S/c1-8-2-4-10(5-3-8)18(16,17)12-9(7-13)6-11(14)15/h2-5,9,12H,6H2,1H3,(H,14,15)/t9-/m0/s1. The first-order chi connectivity index (χ1) is 8.35. The molecule has 7 heteroatoms. The summed E-state index contributed by atoms with van der Waals surface area (Å²) in [4.78, 5) is 20.9. The summed E-state index contributed by atoms with van der Waals surface area (Å²) in [5.74, 6) is -1.28. The van der Waals surface area contributed by atoms with Crippen molar-refractivity contribution in [3.63, 3.8) is 0 Å². The molecule has 1 rings (SSSR count). The minimum Gasteiger partial charge on any atom is -0.481 e. The molecule has 0 aliphatic carbocycles. The van der Waals surface area contributed by atoms with Crippen LogP contribution in [0.3, 0.4) is 0 Å². The van der Waals surface area contributed by atoms with Gasteiger partial charge in [0.15, 0.2) is 0 Å². The Bertz CT molecular complexity index is 535. The van der Waals surface area contributed by atoms with Gasteiger partial charge in [0.25, 0.3) is 0 Å². The molecule has 1 aromatic rings. The monoisotopic (exact) mass is 270 g/mol. The molecule has 0 saturated carbocycles. The molecule has 0 aliphatic rings. The summed E-state index contributed by atoms with van der Waals surface area (Å²) in [6.07, 6.45) is 0.705. The lowest BCUT2D eigenvalue weighted by Gasteiger charge is -2.10. The van der Waals surface area contributed by atoms with Crippen LogP contribution in [0.25, 0.3) is 0 Å². The van der Waals surface area contributed by atoms with Gasteiger partial charge in [-0.1, -0.05) is 17.7 Å². The van der Waals surface area contributed by atoms with E-state index in [1.54, 1.807) is 19.1 Å². The topological polar surface area (TPSA) is 101 Å². The minimum absolute atomic E-state index is 0.0289. The molecule has 6 nitrogen and oxygen atoms in total. The molecule has 0 bridgehead atoms. The summed E-state index contributed by atoms with van der Waals surface area (Å²) in [6, 6.07) is 4.56. The van der Waals surface area contributed by atoms with Gasteiger partial charge in [0, 0.05) is 0 Å². The highest BCUT2D eigenvalue weighted by atomic mass is 32.2. The number of rotatable bonds is 6. The number of nitrogens with one attached hydrogen (secondary N) is 1. The van der Waals surface area contributed by atoms with E-state index in [1.165, 1.54) is 18.4 Å². The zero-order valence-electron chi connectivity index (χ0n) is 9.58. The Morgan fingerprint density at radius 1 is 1.39 bits per heavy atom. The summed E-state index contributed by atoms with van der Waals surface area (Å²) >= 11 is 0. The average Bonchev–Trinajstić information content (AvgIpc) is 2.27. The van der Waals surface area contributed by atoms with E-state index in [1.807, 2.05) is 4.72 Å². The summed E-state index contributed by atoms with van der Waals surface area (Å²) in [5, 5.41) is 8.51. The van der Waals surface area contributed by atoms with Gasteiger partial charge in [0.05, 0.1) is 17.4 Å². The fourth-order valence-corrected chi connectivity index (χ4v) is 2.39. The van der Waals surface area contributed by atoms with Gasteiger partial charge in [-0.3, -0.25) is 9.59 Å². The summed E-state index contributed by atoms with van der Waals surface area (Å²) < 4.78 is 25.6. The highest BCUT2D eigenvalue weighted by Crippen LogP contribution is 2.10. The van der Waals surface area contributed by atoms with Gasteiger partial charge in [-0.15, -0.1) is 0 Å². The van der Waals surface area contributed by atoms with Crippen molar-refractivity contribution >= 4 is 22.3 Å². The Morgan fingerprint density at radius 3 is 2.39 bits per heavy atom. The van der Waals surface area contributed by atoms with Gasteiger partial charge >= 0.3 is 5.97 Å². The van der Waals surface area contributed by atoms with E-state index in [-0.39, 0.29) is 4.90 Å². The van der Waals surface area contributed by atoms with Crippen molar-refractivity contribution in [1.82, 2.24) is 4.72 Å². The van der Waals surface area contributed by atoms with Crippen LogP contribution < -0.4 is 4.72 Å². The molecule has 0 aliphatic heterocycles. The number of carboxylic acid groups (broad SMARTS) is 1. The Morgan fingerprint density at radius 2 is 1.94 bits per heavy atom. The number of aliphatic carboxylic acids is 1. The largest absolute Gasteiger partial charge is 0.481 e. The molecule has 1 atom stereocenters. The van der Waals surface area contributed by atoms with Gasteiger partial charge in [-0.2, -0.15) is 4.72 Å². The first kappa shape index (κ1) is 14.3. The maximum atomic E-state index is 11.8. The first-order valence-corrected chi connectivity index (χ1v) is 6.52. The van der Waals surface area contributed by atoms with Gasteiger partial charge in [0.1, 0.15) is 0 Å². The highest BCUT2D eigenvalue weighted by Gasteiger charge is 2.22. The van der Waals surface area contributed by atoms with Crippen molar-refractivity contribution in [3.05, 3.63) is 29.8 Å². The highest BCUT2D eigenvalue weighted by molar-refractivity contribution is 7.89. The van der Waals surface area contributed by atoms with E-state index in [0.29, 0.717) is 0 Å². The van der Waals surface area contributed by atoms with Crippen molar-refractivity contribution in [2.75, 3.05) is 0 Å². The fourth-order valence-electron chi connectivity index (χ4n) is 1.25. The van der Waals surface area contributed by atoms with Crippen LogP contribution in [0.2, 0.25) is 0 Å². The van der Waals surface area contributed by atoms with E-state index < -0.39 is 28.5 Å². The Balaban J connectivity index is 2.90. The predicted molar refractivity (Wildman–Crippen MR) is 63.2 cm³/mol. The lowest BCUT2D eigenvalue weighted by molar-refractivity contribution is -0.137. The molecule has 0 spiro atoms. The number of hydrogen-bond donors (Lipinski definition) is 2. The molecule has 0 unspecified atom stereocenters. The molecule has 97 valence electrons. The second-order valence-electron chi connectivity index (χ2n) is 3.70. The third kappa shape index (κ3) is 3.94. The summed E-state index contributed by atoms with van der Waals surface area (Å²) in [5.41, 5.74) is 0.887. The molecule has 0 fully saturated rings. The SMILES string of the molecule is Cc1ccc(S(=O)(=O)N[C@H]([C]=O)CC(=O)O)cc1. The lowest BCUT2D eigenvalue weighted by Crippen LogP contribution is -2.37. The molecular formula is C11H12NO5S. The maximum absolute atomic E-state index is 11.8. The molecule has 2 N–H and O–H groups in total. The average molecular weight is 270 g/mol. The van der Waals surface area contributed by atoms with Gasteiger partial charge in [-0.05, 0) is 19.1 Å². The van der Waals surface area contributed by atoms with Crippen LogP contribution in [-0.2, 0) is 19.6 Å². The van der Waals surface area contributed by atoms with E-state index in [0.717, 1.165) is 5.56 Å². The van der Waals surface area contributed by atoms with Crippen LogP contribution in [0.5, 0.6) is 0 Å². The van der Waals surface area contributed by atoms with Crippen molar-refractivity contribution in [2.45, 2.75) is 24.3 Å². The molecule has 18 heavy (non-hydrogen) atoms. The number of sulfonamides is 1. The summed E-state index contributed by atoms with van der Waals surface area (Å²) in [6.45, 7) is 1.80. The van der Waals surface area contributed by atoms with Crippen LogP contribution in [-0.4, -0.2) is 31.8 Å². The lowest BCUT2D eigenvalue weighted by atomic mass is 10.2. The van der Waals surface area contributed by atoms with Crippen LogP contribution in [0.4, 0.5) is 0 Å². The molecule has 0 saturated heterocycles. The third-order valence-electron chi connectivity index (χ3n) is 2.15. The minimum atomic E-state index is -3.91. The molecule has 0 amide bonds. The van der Waals surface area contributed by atoms with Crippen molar-refractivity contribution < 1.29 is 23.1 Å². The molecule has 0 heterocycles. The van der Waals surface area contributed by atoms with Crippen molar-refractivity contribution in [2.24, 2.45) is 0 Å². The molecule has 1 aromatic carbocycles. The number of hydrogen-bond acceptors (Lipinski definition) is 4. The smallest absolute Gasteiger partial charge is 0.305 e. The van der Waals surface area contributed by atoms with E-state index in [2.05, 4.69) is 0 Å². The Labute approximate surface area is 105 Å². The summed E-state index contributed by atoms with van der Waals surface area (Å²) in [7, 11) is -3.91.